The first kappa shape index (κ1) is 11.3. The van der Waals surface area contributed by atoms with Gasteiger partial charge in [-0.25, -0.2) is 0 Å². The second-order valence-corrected chi connectivity index (χ2v) is 4.20. The third-order valence-electron chi connectivity index (χ3n) is 1.64. The summed E-state index contributed by atoms with van der Waals surface area (Å²) in [6.45, 7) is 0.863. The van der Waals surface area contributed by atoms with Crippen LogP contribution in [0.3, 0.4) is 0 Å². The summed E-state index contributed by atoms with van der Waals surface area (Å²) in [5.41, 5.74) is 2.00. The van der Waals surface area contributed by atoms with Gasteiger partial charge in [-0.15, -0.1) is 0 Å². The Kier molecular flexibility index (Phi) is 4.53. The molecule has 0 atom stereocenters. The van der Waals surface area contributed by atoms with E-state index in [9.17, 15) is 0 Å². The first-order chi connectivity index (χ1) is 6.13. The Morgan fingerprint density at radius 3 is 2.54 bits per heavy atom. The highest BCUT2D eigenvalue weighted by Crippen LogP contribution is 2.23. The number of hydrogen-bond acceptors (Lipinski definition) is 1. The molecule has 0 N–H and O–H groups in total. The minimum Gasteiger partial charge on any atom is -0.292 e. The van der Waals surface area contributed by atoms with Crippen molar-refractivity contribution in [3.63, 3.8) is 0 Å². The molecule has 1 rings (SSSR count). The molecule has 0 spiro atoms. The molecule has 0 fully saturated rings. The summed E-state index contributed by atoms with van der Waals surface area (Å²) < 4.78 is 0. The van der Waals surface area contributed by atoms with Crippen molar-refractivity contribution in [1.82, 2.24) is 4.90 Å². The van der Waals surface area contributed by atoms with Crippen molar-refractivity contribution >= 4 is 39.1 Å². The van der Waals surface area contributed by atoms with Crippen molar-refractivity contribution in [3.8, 4) is 0 Å². The normalized spacial score (nSPS) is 10.8. The highest BCUT2D eigenvalue weighted by Gasteiger charge is 2.01. The van der Waals surface area contributed by atoms with Crippen molar-refractivity contribution in [2.75, 3.05) is 12.5 Å². The van der Waals surface area contributed by atoms with Crippen LogP contribution in [0.1, 0.15) is 5.56 Å². The number of nitrogens with zero attached hydrogens (tertiary/aromatic N) is 1. The number of rotatable bonds is 3. The lowest BCUT2D eigenvalue weighted by atomic mass is 10.2. The molecule has 1 nitrogen and oxygen atoms in total. The fourth-order valence-electron chi connectivity index (χ4n) is 0.992. The molecule has 13 heavy (non-hydrogen) atoms. The van der Waals surface area contributed by atoms with E-state index in [-0.39, 0.29) is 0 Å². The molecule has 0 amide bonds. The van der Waals surface area contributed by atoms with E-state index >= 15 is 0 Å². The van der Waals surface area contributed by atoms with Crippen molar-refractivity contribution < 1.29 is 0 Å². The lowest BCUT2D eigenvalue weighted by molar-refractivity contribution is 0.390. The molecule has 1 aromatic carbocycles. The minimum absolute atomic E-state index is 0.604. The van der Waals surface area contributed by atoms with E-state index in [0.29, 0.717) is 10.0 Å². The Morgan fingerprint density at radius 1 is 1.31 bits per heavy atom. The molecule has 0 saturated carbocycles. The van der Waals surface area contributed by atoms with Gasteiger partial charge in [0.2, 0.25) is 0 Å². The summed E-state index contributed by atoms with van der Waals surface area (Å²) in [6.07, 6.45) is 0. The first-order valence-electron chi connectivity index (χ1n) is 3.82. The number of hydrogen-bond donors (Lipinski definition) is 0. The maximum Gasteiger partial charge on any atom is 0.0595 e. The second-order valence-electron chi connectivity index (χ2n) is 2.88. The quantitative estimate of drug-likeness (QED) is 0.602. The minimum atomic E-state index is 0.604. The number of halogens is 3. The first-order valence-corrected chi connectivity index (χ1v) is 5.69. The molecule has 0 radical (unpaired) electrons. The van der Waals surface area contributed by atoms with Gasteiger partial charge in [0.1, 0.15) is 0 Å². The summed E-state index contributed by atoms with van der Waals surface area (Å²) in [6, 6.07) is 5.69. The van der Waals surface area contributed by atoms with Crippen LogP contribution in [0.5, 0.6) is 0 Å². The fourth-order valence-corrected chi connectivity index (χ4v) is 1.49. The van der Waals surface area contributed by atoms with Gasteiger partial charge in [-0.3, -0.25) is 4.90 Å². The fraction of sp³-hybridized carbons (Fsp3) is 0.333. The molecule has 0 aliphatic carbocycles. The SMILES string of the molecule is CN(CBr)Cc1ccc(Cl)c(Cl)c1. The lowest BCUT2D eigenvalue weighted by Crippen LogP contribution is -2.14. The summed E-state index contributed by atoms with van der Waals surface area (Å²) >= 11 is 15.0. The van der Waals surface area contributed by atoms with Crippen LogP contribution >= 0.6 is 39.1 Å². The van der Waals surface area contributed by atoms with Crippen LogP contribution < -0.4 is 0 Å². The zero-order chi connectivity index (χ0) is 9.84. The Labute approximate surface area is 96.8 Å². The summed E-state index contributed by atoms with van der Waals surface area (Å²) in [5, 5.41) is 1.22. The third-order valence-corrected chi connectivity index (χ3v) is 3.24. The molecule has 0 saturated heterocycles. The standard InChI is InChI=1S/C9H10BrCl2N/c1-13(6-10)5-7-2-3-8(11)9(12)4-7/h2-4H,5-6H2,1H3. The van der Waals surface area contributed by atoms with E-state index in [4.69, 9.17) is 23.2 Å². The van der Waals surface area contributed by atoms with E-state index in [1.807, 2.05) is 25.2 Å². The van der Waals surface area contributed by atoms with Crippen molar-refractivity contribution in [3.05, 3.63) is 33.8 Å². The van der Waals surface area contributed by atoms with Gasteiger partial charge in [-0.1, -0.05) is 45.2 Å². The van der Waals surface area contributed by atoms with E-state index in [1.54, 1.807) is 0 Å². The lowest BCUT2D eigenvalue weighted by Gasteiger charge is -2.12. The predicted molar refractivity (Wildman–Crippen MR) is 61.7 cm³/mol. The Balaban J connectivity index is 2.73. The molecule has 72 valence electrons. The van der Waals surface area contributed by atoms with Gasteiger partial charge < -0.3 is 0 Å². The van der Waals surface area contributed by atoms with E-state index in [0.717, 1.165) is 17.6 Å². The Morgan fingerprint density at radius 2 is 2.00 bits per heavy atom. The number of benzene rings is 1. The van der Waals surface area contributed by atoms with Gasteiger partial charge in [0.15, 0.2) is 0 Å². The smallest absolute Gasteiger partial charge is 0.0595 e. The molecule has 0 aromatic heterocycles. The molecule has 0 aliphatic rings. The number of alkyl halides is 1. The van der Waals surface area contributed by atoms with Gasteiger partial charge in [0, 0.05) is 6.54 Å². The van der Waals surface area contributed by atoms with Gasteiger partial charge in [0.25, 0.3) is 0 Å². The largest absolute Gasteiger partial charge is 0.292 e. The van der Waals surface area contributed by atoms with Crippen LogP contribution in [-0.2, 0) is 6.54 Å². The maximum atomic E-state index is 5.88. The summed E-state index contributed by atoms with van der Waals surface area (Å²) in [5.74, 6) is 0. The molecular weight excluding hydrogens is 273 g/mol. The molecule has 0 heterocycles. The van der Waals surface area contributed by atoms with Gasteiger partial charge in [-0.05, 0) is 24.7 Å². The average molecular weight is 283 g/mol. The van der Waals surface area contributed by atoms with Gasteiger partial charge in [-0.2, -0.15) is 0 Å². The molecular formula is C9H10BrCl2N. The molecule has 4 heteroatoms. The molecule has 1 aromatic rings. The van der Waals surface area contributed by atoms with Crippen molar-refractivity contribution in [2.24, 2.45) is 0 Å². The molecule has 0 aliphatic heterocycles. The van der Waals surface area contributed by atoms with Crippen molar-refractivity contribution in [1.29, 1.82) is 0 Å². The second kappa shape index (κ2) is 5.20. The van der Waals surface area contributed by atoms with Crippen LogP contribution in [0, 0.1) is 0 Å². The molecule has 0 bridgehead atoms. The van der Waals surface area contributed by atoms with Gasteiger partial charge in [0.05, 0.1) is 15.5 Å². The summed E-state index contributed by atoms with van der Waals surface area (Å²) in [7, 11) is 2.03. The highest BCUT2D eigenvalue weighted by atomic mass is 79.9. The highest BCUT2D eigenvalue weighted by molar-refractivity contribution is 9.09. The predicted octanol–water partition coefficient (Wildman–Crippen LogP) is 3.78. The monoisotopic (exact) mass is 281 g/mol. The van der Waals surface area contributed by atoms with Crippen LogP contribution in [0.15, 0.2) is 18.2 Å². The van der Waals surface area contributed by atoms with E-state index in [2.05, 4.69) is 20.8 Å². The maximum absolute atomic E-state index is 5.88. The van der Waals surface area contributed by atoms with Crippen LogP contribution in [0.25, 0.3) is 0 Å². The van der Waals surface area contributed by atoms with Crippen LogP contribution in [0.2, 0.25) is 10.0 Å². The third kappa shape index (κ3) is 3.47. The Hall–Kier alpha value is 0.240. The average Bonchev–Trinajstić information content (AvgIpc) is 2.11. The zero-order valence-electron chi connectivity index (χ0n) is 7.23. The Bertz CT molecular complexity index is 291. The van der Waals surface area contributed by atoms with E-state index < -0.39 is 0 Å². The van der Waals surface area contributed by atoms with Crippen LogP contribution in [-0.4, -0.2) is 17.4 Å². The summed E-state index contributed by atoms with van der Waals surface area (Å²) in [4.78, 5) is 2.12. The topological polar surface area (TPSA) is 3.24 Å². The zero-order valence-corrected chi connectivity index (χ0v) is 10.3. The van der Waals surface area contributed by atoms with Crippen molar-refractivity contribution in [2.45, 2.75) is 6.54 Å². The van der Waals surface area contributed by atoms with Crippen LogP contribution in [0.4, 0.5) is 0 Å². The molecule has 0 unspecified atom stereocenters. The van der Waals surface area contributed by atoms with E-state index in [1.165, 1.54) is 0 Å². The van der Waals surface area contributed by atoms with Gasteiger partial charge >= 0.3 is 0 Å².